The molecule has 25 heavy (non-hydrogen) atoms. The molecular weight excluding hydrogens is 340 g/mol. The fourth-order valence-electron chi connectivity index (χ4n) is 2.45. The highest BCUT2D eigenvalue weighted by molar-refractivity contribution is 7.99. The molecule has 0 fully saturated rings. The van der Waals surface area contributed by atoms with E-state index in [0.717, 1.165) is 34.6 Å². The lowest BCUT2D eigenvalue weighted by atomic mass is 10.1. The smallest absolute Gasteiger partial charge is 0.276 e. The van der Waals surface area contributed by atoms with Crippen LogP contribution in [0.15, 0.2) is 26.3 Å². The molecule has 2 heterocycles. The predicted octanol–water partition coefficient (Wildman–Crippen LogP) is 3.91. The van der Waals surface area contributed by atoms with Crippen LogP contribution in [0.3, 0.4) is 0 Å². The fraction of sp³-hybridized carbons (Fsp3) is 0.412. The van der Waals surface area contributed by atoms with E-state index in [4.69, 9.17) is 13.7 Å². The van der Waals surface area contributed by atoms with Crippen molar-refractivity contribution in [2.75, 3.05) is 12.4 Å². The SMILES string of the molecule is Cc1nc(-c2cc(C)c(OCCCSc3nnc(C)o3)c(C)c2)no1. The summed E-state index contributed by atoms with van der Waals surface area (Å²) in [7, 11) is 0. The number of hydrogen-bond donors (Lipinski definition) is 0. The molecule has 0 atom stereocenters. The van der Waals surface area contributed by atoms with Gasteiger partial charge in [-0.1, -0.05) is 16.9 Å². The van der Waals surface area contributed by atoms with Gasteiger partial charge in [0.25, 0.3) is 5.22 Å². The summed E-state index contributed by atoms with van der Waals surface area (Å²) < 4.78 is 16.3. The second-order valence-electron chi connectivity index (χ2n) is 5.71. The normalized spacial score (nSPS) is 11.0. The minimum atomic E-state index is 0.555. The molecule has 2 aromatic heterocycles. The fourth-order valence-corrected chi connectivity index (χ4v) is 3.17. The van der Waals surface area contributed by atoms with E-state index >= 15 is 0 Å². The van der Waals surface area contributed by atoms with Crippen molar-refractivity contribution in [3.05, 3.63) is 35.0 Å². The molecule has 0 spiro atoms. The summed E-state index contributed by atoms with van der Waals surface area (Å²) in [5.74, 6) is 3.51. The highest BCUT2D eigenvalue weighted by Crippen LogP contribution is 2.29. The lowest BCUT2D eigenvalue weighted by molar-refractivity contribution is 0.314. The number of hydrogen-bond acceptors (Lipinski definition) is 8. The van der Waals surface area contributed by atoms with Crippen molar-refractivity contribution in [2.45, 2.75) is 39.3 Å². The third-order valence-corrected chi connectivity index (χ3v) is 4.42. The van der Waals surface area contributed by atoms with Gasteiger partial charge in [-0.3, -0.25) is 0 Å². The maximum Gasteiger partial charge on any atom is 0.276 e. The number of nitrogens with zero attached hydrogens (tertiary/aromatic N) is 4. The first-order valence-corrected chi connectivity index (χ1v) is 8.99. The molecule has 3 rings (SSSR count). The molecule has 0 aliphatic carbocycles. The van der Waals surface area contributed by atoms with Crippen molar-refractivity contribution in [2.24, 2.45) is 0 Å². The Bertz CT molecular complexity index is 836. The average molecular weight is 360 g/mol. The molecule has 8 heteroatoms. The summed E-state index contributed by atoms with van der Waals surface area (Å²) in [5, 5.41) is 12.3. The first-order valence-electron chi connectivity index (χ1n) is 8.00. The molecule has 0 saturated heterocycles. The Hall–Kier alpha value is -2.35. The van der Waals surface area contributed by atoms with Crippen molar-refractivity contribution in [3.8, 4) is 17.1 Å². The zero-order valence-corrected chi connectivity index (χ0v) is 15.5. The first-order chi connectivity index (χ1) is 12.0. The van der Waals surface area contributed by atoms with Gasteiger partial charge in [0.1, 0.15) is 5.75 Å². The molecule has 0 aliphatic heterocycles. The number of rotatable bonds is 7. The van der Waals surface area contributed by atoms with E-state index < -0.39 is 0 Å². The Labute approximate surface area is 150 Å². The third-order valence-electron chi connectivity index (χ3n) is 3.51. The van der Waals surface area contributed by atoms with Gasteiger partial charge in [0.05, 0.1) is 6.61 Å². The lowest BCUT2D eigenvalue weighted by Gasteiger charge is -2.13. The van der Waals surface area contributed by atoms with E-state index in [2.05, 4.69) is 20.3 Å². The Morgan fingerprint density at radius 1 is 1.04 bits per heavy atom. The Morgan fingerprint density at radius 2 is 1.80 bits per heavy atom. The van der Waals surface area contributed by atoms with Crippen molar-refractivity contribution < 1.29 is 13.7 Å². The topological polar surface area (TPSA) is 87.1 Å². The minimum absolute atomic E-state index is 0.555. The van der Waals surface area contributed by atoms with Crippen LogP contribution in [-0.2, 0) is 0 Å². The van der Waals surface area contributed by atoms with Gasteiger partial charge in [0, 0.05) is 25.2 Å². The van der Waals surface area contributed by atoms with Crippen molar-refractivity contribution >= 4 is 11.8 Å². The van der Waals surface area contributed by atoms with Crippen LogP contribution in [0.5, 0.6) is 5.75 Å². The molecule has 0 aliphatic rings. The summed E-state index contributed by atoms with van der Waals surface area (Å²) in [5.41, 5.74) is 3.04. The van der Waals surface area contributed by atoms with Crippen LogP contribution >= 0.6 is 11.8 Å². The highest BCUT2D eigenvalue weighted by Gasteiger charge is 2.12. The zero-order valence-electron chi connectivity index (χ0n) is 14.7. The van der Waals surface area contributed by atoms with Crippen LogP contribution in [-0.4, -0.2) is 32.7 Å². The molecule has 0 amide bonds. The van der Waals surface area contributed by atoms with Crippen LogP contribution in [0.25, 0.3) is 11.4 Å². The number of ether oxygens (including phenoxy) is 1. The van der Waals surface area contributed by atoms with Gasteiger partial charge >= 0.3 is 0 Å². The van der Waals surface area contributed by atoms with Gasteiger partial charge in [0.2, 0.25) is 17.6 Å². The number of benzene rings is 1. The van der Waals surface area contributed by atoms with Gasteiger partial charge in [0.15, 0.2) is 0 Å². The Kier molecular flexibility index (Phi) is 5.37. The standard InChI is InChI=1S/C17H20N4O3S/c1-10-8-14(16-18-12(3)24-21-16)9-11(2)15(10)22-6-5-7-25-17-20-19-13(4)23-17/h8-9H,5-7H2,1-4H3. The molecule has 0 radical (unpaired) electrons. The van der Waals surface area contributed by atoms with E-state index in [1.807, 2.05) is 26.0 Å². The Balaban J connectivity index is 1.55. The first kappa shape index (κ1) is 17.5. The number of aryl methyl sites for hydroxylation is 4. The minimum Gasteiger partial charge on any atom is -0.493 e. The molecular formula is C17H20N4O3S. The van der Waals surface area contributed by atoms with E-state index in [9.17, 15) is 0 Å². The van der Waals surface area contributed by atoms with Crippen molar-refractivity contribution in [1.82, 2.24) is 20.3 Å². The molecule has 0 unspecified atom stereocenters. The van der Waals surface area contributed by atoms with Crippen LogP contribution in [0.2, 0.25) is 0 Å². The second kappa shape index (κ2) is 7.69. The van der Waals surface area contributed by atoms with Gasteiger partial charge in [-0.05, 0) is 43.5 Å². The highest BCUT2D eigenvalue weighted by atomic mass is 32.2. The maximum atomic E-state index is 5.96. The maximum absolute atomic E-state index is 5.96. The molecule has 0 bridgehead atoms. The van der Waals surface area contributed by atoms with Crippen molar-refractivity contribution in [3.63, 3.8) is 0 Å². The molecule has 0 N–H and O–H groups in total. The quantitative estimate of drug-likeness (QED) is 0.463. The van der Waals surface area contributed by atoms with E-state index in [0.29, 0.717) is 29.4 Å². The monoisotopic (exact) mass is 360 g/mol. The average Bonchev–Trinajstić information content (AvgIpc) is 3.17. The van der Waals surface area contributed by atoms with E-state index in [1.165, 1.54) is 11.8 Å². The largest absolute Gasteiger partial charge is 0.493 e. The molecule has 132 valence electrons. The summed E-state index contributed by atoms with van der Waals surface area (Å²) in [6.07, 6.45) is 0.886. The van der Waals surface area contributed by atoms with Gasteiger partial charge in [-0.25, -0.2) is 0 Å². The van der Waals surface area contributed by atoms with Gasteiger partial charge in [-0.15, -0.1) is 10.2 Å². The molecule has 1 aromatic carbocycles. The summed E-state index contributed by atoms with van der Waals surface area (Å²) in [4.78, 5) is 4.27. The lowest BCUT2D eigenvalue weighted by Crippen LogP contribution is -2.02. The summed E-state index contributed by atoms with van der Waals surface area (Å²) >= 11 is 1.54. The molecule has 7 nitrogen and oxygen atoms in total. The number of aromatic nitrogens is 4. The molecule has 3 aromatic rings. The zero-order chi connectivity index (χ0) is 17.8. The summed E-state index contributed by atoms with van der Waals surface area (Å²) in [6, 6.07) is 4.03. The predicted molar refractivity (Wildman–Crippen MR) is 93.8 cm³/mol. The third kappa shape index (κ3) is 4.39. The van der Waals surface area contributed by atoms with Gasteiger partial charge in [-0.2, -0.15) is 4.98 Å². The van der Waals surface area contributed by atoms with E-state index in [-0.39, 0.29) is 0 Å². The van der Waals surface area contributed by atoms with Crippen LogP contribution in [0, 0.1) is 27.7 Å². The van der Waals surface area contributed by atoms with Gasteiger partial charge < -0.3 is 13.7 Å². The van der Waals surface area contributed by atoms with Crippen LogP contribution in [0.4, 0.5) is 0 Å². The number of thioether (sulfide) groups is 1. The van der Waals surface area contributed by atoms with Crippen LogP contribution in [0.1, 0.15) is 29.3 Å². The second-order valence-corrected chi connectivity index (χ2v) is 6.76. The van der Waals surface area contributed by atoms with Crippen LogP contribution < -0.4 is 4.74 Å². The molecule has 0 saturated carbocycles. The summed E-state index contributed by atoms with van der Waals surface area (Å²) in [6.45, 7) is 8.23. The van der Waals surface area contributed by atoms with E-state index in [1.54, 1.807) is 13.8 Å². The van der Waals surface area contributed by atoms with Crippen molar-refractivity contribution in [1.29, 1.82) is 0 Å². The Morgan fingerprint density at radius 3 is 2.40 bits per heavy atom.